The van der Waals surface area contributed by atoms with Gasteiger partial charge in [-0.25, -0.2) is 4.98 Å². The van der Waals surface area contributed by atoms with Crippen molar-refractivity contribution in [2.24, 2.45) is 0 Å². The lowest BCUT2D eigenvalue weighted by Crippen LogP contribution is -2.34. The Morgan fingerprint density at radius 3 is 2.54 bits per heavy atom. The van der Waals surface area contributed by atoms with Crippen LogP contribution in [0.25, 0.3) is 0 Å². The number of aliphatic hydroxyl groups excluding tert-OH is 4. The van der Waals surface area contributed by atoms with Gasteiger partial charge in [0, 0.05) is 0 Å². The van der Waals surface area contributed by atoms with E-state index in [4.69, 9.17) is 10.2 Å². The van der Waals surface area contributed by atoms with Gasteiger partial charge in [0.2, 0.25) is 0 Å². The van der Waals surface area contributed by atoms with Crippen molar-refractivity contribution >= 4 is 0 Å². The Bertz CT molecular complexity index is 239. The summed E-state index contributed by atoms with van der Waals surface area (Å²) in [5, 5.41) is 36.1. The van der Waals surface area contributed by atoms with Crippen molar-refractivity contribution < 1.29 is 20.4 Å². The van der Waals surface area contributed by atoms with Crippen molar-refractivity contribution in [3.8, 4) is 0 Å². The van der Waals surface area contributed by atoms with Gasteiger partial charge in [0.25, 0.3) is 0 Å². The van der Waals surface area contributed by atoms with Crippen LogP contribution >= 0.6 is 0 Å². The molecular formula is C7H12N2O4. The van der Waals surface area contributed by atoms with Crippen LogP contribution < -0.4 is 0 Å². The third-order valence-electron chi connectivity index (χ3n) is 1.74. The van der Waals surface area contributed by atoms with Crippen molar-refractivity contribution in [1.82, 2.24) is 9.97 Å². The standard InChI is InChI=1S/C7H12N2O4/c10-2-5(11)7(13)6(12)4-1-8-3-9-4/h1,3,5-7,10-13H,2H2,(H,8,9). The van der Waals surface area contributed by atoms with Crippen LogP contribution in [0.15, 0.2) is 12.5 Å². The third kappa shape index (κ3) is 2.25. The van der Waals surface area contributed by atoms with Gasteiger partial charge in [-0.1, -0.05) is 0 Å². The minimum Gasteiger partial charge on any atom is -0.394 e. The molecule has 6 heteroatoms. The van der Waals surface area contributed by atoms with E-state index in [1.54, 1.807) is 0 Å². The van der Waals surface area contributed by atoms with Gasteiger partial charge in [-0.3, -0.25) is 0 Å². The number of aromatic nitrogens is 2. The van der Waals surface area contributed by atoms with E-state index >= 15 is 0 Å². The highest BCUT2D eigenvalue weighted by Gasteiger charge is 2.26. The zero-order chi connectivity index (χ0) is 9.84. The van der Waals surface area contributed by atoms with Crippen LogP contribution in [-0.2, 0) is 0 Å². The summed E-state index contributed by atoms with van der Waals surface area (Å²) in [6.45, 7) is -0.605. The van der Waals surface area contributed by atoms with Crippen molar-refractivity contribution in [3.05, 3.63) is 18.2 Å². The van der Waals surface area contributed by atoms with Crippen LogP contribution in [0.3, 0.4) is 0 Å². The number of aliphatic hydroxyl groups is 4. The number of imidazole rings is 1. The molecule has 6 nitrogen and oxygen atoms in total. The van der Waals surface area contributed by atoms with Crippen LogP contribution in [0.1, 0.15) is 11.8 Å². The maximum Gasteiger partial charge on any atom is 0.124 e. The number of nitrogens with zero attached hydrogens (tertiary/aromatic N) is 1. The smallest absolute Gasteiger partial charge is 0.124 e. The highest BCUT2D eigenvalue weighted by Crippen LogP contribution is 2.15. The van der Waals surface area contributed by atoms with Gasteiger partial charge in [-0.05, 0) is 0 Å². The number of nitrogens with one attached hydrogen (secondary N) is 1. The first-order chi connectivity index (χ1) is 6.16. The quantitative estimate of drug-likeness (QED) is 0.381. The molecule has 3 atom stereocenters. The molecule has 0 aliphatic rings. The molecule has 0 aliphatic carbocycles. The Balaban J connectivity index is 2.62. The fraction of sp³-hybridized carbons (Fsp3) is 0.571. The molecule has 1 aromatic heterocycles. The Kier molecular flexibility index (Phi) is 3.38. The number of aromatic amines is 1. The SMILES string of the molecule is OCC(O)C(O)C(O)c1cnc[nH]1. The van der Waals surface area contributed by atoms with E-state index in [0.29, 0.717) is 5.69 Å². The van der Waals surface area contributed by atoms with E-state index in [1.165, 1.54) is 12.5 Å². The maximum absolute atomic E-state index is 9.39. The Hall–Kier alpha value is -0.950. The first kappa shape index (κ1) is 10.1. The van der Waals surface area contributed by atoms with Crippen LogP contribution in [0.2, 0.25) is 0 Å². The van der Waals surface area contributed by atoms with Crippen LogP contribution in [-0.4, -0.2) is 49.2 Å². The molecule has 1 heterocycles. The van der Waals surface area contributed by atoms with E-state index in [9.17, 15) is 10.2 Å². The van der Waals surface area contributed by atoms with Gasteiger partial charge in [-0.2, -0.15) is 0 Å². The molecule has 1 rings (SSSR count). The summed E-state index contributed by atoms with van der Waals surface area (Å²) in [5.74, 6) is 0. The summed E-state index contributed by atoms with van der Waals surface area (Å²) < 4.78 is 0. The molecule has 0 amide bonds. The number of hydrogen-bond acceptors (Lipinski definition) is 5. The van der Waals surface area contributed by atoms with E-state index in [-0.39, 0.29) is 0 Å². The summed E-state index contributed by atoms with van der Waals surface area (Å²) in [4.78, 5) is 6.22. The van der Waals surface area contributed by atoms with Gasteiger partial charge < -0.3 is 25.4 Å². The Morgan fingerprint density at radius 2 is 2.08 bits per heavy atom. The topological polar surface area (TPSA) is 110 Å². The lowest BCUT2D eigenvalue weighted by atomic mass is 10.1. The monoisotopic (exact) mass is 188 g/mol. The fourth-order valence-corrected chi connectivity index (χ4v) is 0.931. The lowest BCUT2D eigenvalue weighted by Gasteiger charge is -2.20. The molecule has 0 saturated carbocycles. The van der Waals surface area contributed by atoms with Gasteiger partial charge in [0.15, 0.2) is 0 Å². The van der Waals surface area contributed by atoms with E-state index in [2.05, 4.69) is 9.97 Å². The average molecular weight is 188 g/mol. The molecule has 0 fully saturated rings. The number of rotatable bonds is 4. The second-order valence-corrected chi connectivity index (χ2v) is 2.69. The first-order valence-electron chi connectivity index (χ1n) is 3.80. The van der Waals surface area contributed by atoms with Crippen LogP contribution in [0, 0.1) is 0 Å². The average Bonchev–Trinajstić information content (AvgIpc) is 2.67. The largest absolute Gasteiger partial charge is 0.394 e. The van der Waals surface area contributed by atoms with Gasteiger partial charge in [0.05, 0.1) is 24.8 Å². The minimum atomic E-state index is -1.43. The third-order valence-corrected chi connectivity index (χ3v) is 1.74. The normalized spacial score (nSPS) is 18.2. The zero-order valence-corrected chi connectivity index (χ0v) is 6.83. The minimum absolute atomic E-state index is 0.292. The predicted molar refractivity (Wildman–Crippen MR) is 42.6 cm³/mol. The van der Waals surface area contributed by atoms with E-state index in [1.807, 2.05) is 0 Å². The van der Waals surface area contributed by atoms with Crippen molar-refractivity contribution in [3.63, 3.8) is 0 Å². The summed E-state index contributed by atoms with van der Waals surface area (Å²) in [7, 11) is 0. The number of H-pyrrole nitrogens is 1. The molecule has 0 saturated heterocycles. The lowest BCUT2D eigenvalue weighted by molar-refractivity contribution is -0.0788. The van der Waals surface area contributed by atoms with Crippen molar-refractivity contribution in [2.75, 3.05) is 6.61 Å². The van der Waals surface area contributed by atoms with Crippen LogP contribution in [0.4, 0.5) is 0 Å². The van der Waals surface area contributed by atoms with Crippen LogP contribution in [0.5, 0.6) is 0 Å². The van der Waals surface area contributed by atoms with Gasteiger partial charge in [-0.15, -0.1) is 0 Å². The molecule has 1 aromatic rings. The van der Waals surface area contributed by atoms with Crippen molar-refractivity contribution in [1.29, 1.82) is 0 Å². The number of hydrogen-bond donors (Lipinski definition) is 5. The van der Waals surface area contributed by atoms with Gasteiger partial charge >= 0.3 is 0 Å². The maximum atomic E-state index is 9.39. The highest BCUT2D eigenvalue weighted by atomic mass is 16.4. The summed E-state index contributed by atoms with van der Waals surface area (Å²) in [6, 6.07) is 0. The molecule has 74 valence electrons. The fourth-order valence-electron chi connectivity index (χ4n) is 0.931. The Morgan fingerprint density at radius 1 is 1.38 bits per heavy atom. The Labute approximate surface area is 74.5 Å². The summed E-state index contributed by atoms with van der Waals surface area (Å²) in [6.07, 6.45) is -1.39. The van der Waals surface area contributed by atoms with E-state index in [0.717, 1.165) is 0 Å². The summed E-state index contributed by atoms with van der Waals surface area (Å²) in [5.41, 5.74) is 0.292. The molecule has 0 aromatic carbocycles. The molecule has 0 radical (unpaired) electrons. The molecule has 0 bridgehead atoms. The summed E-state index contributed by atoms with van der Waals surface area (Å²) >= 11 is 0. The molecule has 13 heavy (non-hydrogen) atoms. The molecular weight excluding hydrogens is 176 g/mol. The van der Waals surface area contributed by atoms with Crippen molar-refractivity contribution in [2.45, 2.75) is 18.3 Å². The molecule has 0 aliphatic heterocycles. The van der Waals surface area contributed by atoms with Gasteiger partial charge in [0.1, 0.15) is 18.3 Å². The highest BCUT2D eigenvalue weighted by molar-refractivity contribution is 5.02. The molecule has 0 spiro atoms. The first-order valence-corrected chi connectivity index (χ1v) is 3.80. The predicted octanol–water partition coefficient (Wildman–Crippen LogP) is -1.84. The molecule has 5 N–H and O–H groups in total. The second-order valence-electron chi connectivity index (χ2n) is 2.69. The molecule has 3 unspecified atom stereocenters. The second kappa shape index (κ2) is 4.33. The zero-order valence-electron chi connectivity index (χ0n) is 6.83. The van der Waals surface area contributed by atoms with E-state index < -0.39 is 24.9 Å².